The first-order valence-electron chi connectivity index (χ1n) is 4.62. The van der Waals surface area contributed by atoms with E-state index in [1.54, 1.807) is 0 Å². The van der Waals surface area contributed by atoms with Crippen molar-refractivity contribution < 1.29 is 0 Å². The van der Waals surface area contributed by atoms with Gasteiger partial charge in [-0.25, -0.2) is 0 Å². The summed E-state index contributed by atoms with van der Waals surface area (Å²) in [6, 6.07) is 0. The summed E-state index contributed by atoms with van der Waals surface area (Å²) < 4.78 is 0. The molecule has 1 saturated heterocycles. The molecule has 1 heterocycles. The Hall–Kier alpha value is -0.480. The second-order valence-corrected chi connectivity index (χ2v) is 2.71. The maximum atomic E-state index is 9.31. The standard InChI is InChI=1S/C4H10N2.C4H9NO/c1-2-6-4-3-5-1;1-2-3-4-5-6/h5-6H,1-4H2;2-4H2,1H3. The highest BCUT2D eigenvalue weighted by atomic mass is 16.3. The van der Waals surface area contributed by atoms with Crippen molar-refractivity contribution in [2.75, 3.05) is 32.7 Å². The number of nitrogens with one attached hydrogen (secondary N) is 2. The second-order valence-electron chi connectivity index (χ2n) is 2.71. The first kappa shape index (κ1) is 11.5. The maximum absolute atomic E-state index is 9.31. The lowest BCUT2D eigenvalue weighted by Gasteiger charge is -2.11. The van der Waals surface area contributed by atoms with Crippen LogP contribution in [0.2, 0.25) is 0 Å². The highest BCUT2D eigenvalue weighted by molar-refractivity contribution is 4.59. The zero-order chi connectivity index (χ0) is 9.07. The molecule has 0 radical (unpaired) electrons. The Morgan fingerprint density at radius 2 is 1.67 bits per heavy atom. The molecule has 1 rings (SSSR count). The average Bonchev–Trinajstić information content (AvgIpc) is 2.18. The molecule has 1 fully saturated rings. The van der Waals surface area contributed by atoms with Crippen molar-refractivity contribution in [2.45, 2.75) is 19.8 Å². The number of unbranched alkanes of at least 4 members (excludes halogenated alkanes) is 1. The molecular weight excluding hydrogens is 154 g/mol. The molecule has 4 heteroatoms. The van der Waals surface area contributed by atoms with Crippen LogP contribution in [0, 0.1) is 4.91 Å². The Balaban J connectivity index is 0.000000202. The SMILES string of the molecule is C1CNCCN1.CCCCN=O. The largest absolute Gasteiger partial charge is 0.314 e. The van der Waals surface area contributed by atoms with E-state index in [4.69, 9.17) is 0 Å². The summed E-state index contributed by atoms with van der Waals surface area (Å²) in [5.74, 6) is 0. The van der Waals surface area contributed by atoms with Gasteiger partial charge in [0.2, 0.25) is 0 Å². The quantitative estimate of drug-likeness (QED) is 0.488. The van der Waals surface area contributed by atoms with E-state index in [9.17, 15) is 4.91 Å². The molecule has 72 valence electrons. The summed E-state index contributed by atoms with van der Waals surface area (Å²) >= 11 is 0. The molecule has 0 atom stereocenters. The normalized spacial score (nSPS) is 16.1. The van der Waals surface area contributed by atoms with Crippen molar-refractivity contribution in [3.63, 3.8) is 0 Å². The molecule has 0 aliphatic carbocycles. The number of nitrogens with zero attached hydrogens (tertiary/aromatic N) is 1. The summed E-state index contributed by atoms with van der Waals surface area (Å²) in [4.78, 5) is 9.31. The van der Waals surface area contributed by atoms with Crippen LogP contribution in [-0.4, -0.2) is 32.7 Å². The predicted octanol–water partition coefficient (Wildman–Crippen LogP) is 0.732. The molecule has 0 saturated carbocycles. The smallest absolute Gasteiger partial charge is 0.0811 e. The number of rotatable bonds is 3. The molecule has 12 heavy (non-hydrogen) atoms. The topological polar surface area (TPSA) is 53.5 Å². The molecule has 1 aliphatic heterocycles. The molecule has 0 aromatic carbocycles. The van der Waals surface area contributed by atoms with Gasteiger partial charge < -0.3 is 10.6 Å². The van der Waals surface area contributed by atoms with E-state index in [2.05, 4.69) is 15.8 Å². The van der Waals surface area contributed by atoms with Crippen LogP contribution >= 0.6 is 0 Å². The van der Waals surface area contributed by atoms with Crippen molar-refractivity contribution in [1.29, 1.82) is 0 Å². The van der Waals surface area contributed by atoms with Crippen LogP contribution < -0.4 is 10.6 Å². The van der Waals surface area contributed by atoms with Crippen LogP contribution in [-0.2, 0) is 0 Å². The monoisotopic (exact) mass is 173 g/mol. The summed E-state index contributed by atoms with van der Waals surface area (Å²) in [5, 5.41) is 9.12. The third kappa shape index (κ3) is 9.52. The summed E-state index contributed by atoms with van der Waals surface area (Å²) in [5.41, 5.74) is 0. The van der Waals surface area contributed by atoms with Crippen molar-refractivity contribution in [3.05, 3.63) is 4.91 Å². The van der Waals surface area contributed by atoms with Crippen LogP contribution in [0.1, 0.15) is 19.8 Å². The summed E-state index contributed by atoms with van der Waals surface area (Å²) in [7, 11) is 0. The van der Waals surface area contributed by atoms with E-state index >= 15 is 0 Å². The lowest BCUT2D eigenvalue weighted by atomic mass is 10.3. The number of piperazine rings is 1. The van der Waals surface area contributed by atoms with Crippen LogP contribution in [0.5, 0.6) is 0 Å². The first-order chi connectivity index (χ1) is 5.91. The summed E-state index contributed by atoms with van der Waals surface area (Å²) in [6.07, 6.45) is 2.00. The van der Waals surface area contributed by atoms with Crippen LogP contribution in [0.15, 0.2) is 5.18 Å². The van der Waals surface area contributed by atoms with Crippen molar-refractivity contribution in [2.24, 2.45) is 5.18 Å². The van der Waals surface area contributed by atoms with Crippen LogP contribution in [0.25, 0.3) is 0 Å². The average molecular weight is 173 g/mol. The third-order valence-electron chi connectivity index (χ3n) is 1.56. The molecule has 0 aromatic rings. The Morgan fingerprint density at radius 3 is 1.83 bits per heavy atom. The molecule has 1 aliphatic rings. The highest BCUT2D eigenvalue weighted by Crippen LogP contribution is 1.83. The zero-order valence-electron chi connectivity index (χ0n) is 7.81. The molecule has 0 unspecified atom stereocenters. The number of hydrogen-bond acceptors (Lipinski definition) is 4. The second kappa shape index (κ2) is 10.5. The van der Waals surface area contributed by atoms with Gasteiger partial charge >= 0.3 is 0 Å². The van der Waals surface area contributed by atoms with E-state index in [0.29, 0.717) is 6.54 Å². The fourth-order valence-corrected chi connectivity index (χ4v) is 0.826. The number of nitroso groups, excluding NO2 is 1. The fraction of sp³-hybridized carbons (Fsp3) is 1.00. The minimum Gasteiger partial charge on any atom is -0.314 e. The minimum atomic E-state index is 0.483. The van der Waals surface area contributed by atoms with Gasteiger partial charge in [-0.1, -0.05) is 18.5 Å². The van der Waals surface area contributed by atoms with E-state index in [0.717, 1.165) is 39.0 Å². The Labute approximate surface area is 74.1 Å². The minimum absolute atomic E-state index is 0.483. The van der Waals surface area contributed by atoms with Crippen LogP contribution in [0.4, 0.5) is 0 Å². The highest BCUT2D eigenvalue weighted by Gasteiger charge is 1.91. The van der Waals surface area contributed by atoms with Crippen molar-refractivity contribution in [1.82, 2.24) is 10.6 Å². The Morgan fingerprint density at radius 1 is 1.17 bits per heavy atom. The third-order valence-corrected chi connectivity index (χ3v) is 1.56. The van der Waals surface area contributed by atoms with Crippen molar-refractivity contribution >= 4 is 0 Å². The van der Waals surface area contributed by atoms with Gasteiger partial charge in [0.05, 0.1) is 6.54 Å². The molecular formula is C8H19N3O. The van der Waals surface area contributed by atoms with E-state index in [-0.39, 0.29) is 0 Å². The number of hydrogen-bond donors (Lipinski definition) is 2. The molecule has 2 N–H and O–H groups in total. The Kier molecular flexibility index (Phi) is 10.1. The van der Waals surface area contributed by atoms with Gasteiger partial charge in [-0.05, 0) is 6.42 Å². The lowest BCUT2D eigenvalue weighted by molar-refractivity contribution is 0.534. The van der Waals surface area contributed by atoms with Crippen LogP contribution in [0.3, 0.4) is 0 Å². The van der Waals surface area contributed by atoms with Gasteiger partial charge in [0.15, 0.2) is 0 Å². The molecule has 0 aromatic heterocycles. The zero-order valence-corrected chi connectivity index (χ0v) is 7.81. The molecule has 0 amide bonds. The van der Waals surface area contributed by atoms with E-state index in [1.807, 2.05) is 6.92 Å². The molecule has 4 nitrogen and oxygen atoms in total. The molecule has 0 spiro atoms. The van der Waals surface area contributed by atoms with Gasteiger partial charge in [-0.15, -0.1) is 0 Å². The van der Waals surface area contributed by atoms with E-state index in [1.165, 1.54) is 0 Å². The van der Waals surface area contributed by atoms with Crippen molar-refractivity contribution in [3.8, 4) is 0 Å². The van der Waals surface area contributed by atoms with E-state index < -0.39 is 0 Å². The van der Waals surface area contributed by atoms with Gasteiger partial charge in [0, 0.05) is 26.2 Å². The summed E-state index contributed by atoms with van der Waals surface area (Å²) in [6.45, 7) is 7.07. The lowest BCUT2D eigenvalue weighted by Crippen LogP contribution is -2.39. The Bertz CT molecular complexity index is 82.8. The van der Waals surface area contributed by atoms with Gasteiger partial charge in [0.25, 0.3) is 0 Å². The first-order valence-corrected chi connectivity index (χ1v) is 4.62. The van der Waals surface area contributed by atoms with Gasteiger partial charge in [-0.2, -0.15) is 4.91 Å². The predicted molar refractivity (Wildman–Crippen MR) is 51.3 cm³/mol. The maximum Gasteiger partial charge on any atom is 0.0811 e. The van der Waals surface area contributed by atoms with Gasteiger partial charge in [-0.3, -0.25) is 0 Å². The van der Waals surface area contributed by atoms with Gasteiger partial charge in [0.1, 0.15) is 0 Å². The fourth-order valence-electron chi connectivity index (χ4n) is 0.826. The molecule has 0 bridgehead atoms.